The highest BCUT2D eigenvalue weighted by Crippen LogP contribution is 2.28. The summed E-state index contributed by atoms with van der Waals surface area (Å²) in [6.07, 6.45) is 4.83. The van der Waals surface area contributed by atoms with Gasteiger partial charge in [-0.25, -0.2) is 14.8 Å². The molecule has 9 nitrogen and oxygen atoms in total. The molecule has 2 aromatic rings. The molecule has 0 spiro atoms. The number of amides is 3. The smallest absolute Gasteiger partial charge is 0.321 e. The van der Waals surface area contributed by atoms with Gasteiger partial charge >= 0.3 is 6.03 Å². The molecule has 1 saturated carbocycles. The van der Waals surface area contributed by atoms with Gasteiger partial charge in [0.15, 0.2) is 0 Å². The molecule has 1 aliphatic rings. The van der Waals surface area contributed by atoms with E-state index in [0.717, 1.165) is 12.5 Å². The summed E-state index contributed by atoms with van der Waals surface area (Å²) in [7, 11) is 1.56. The summed E-state index contributed by atoms with van der Waals surface area (Å²) in [4.78, 5) is 31.7. The highest BCUT2D eigenvalue weighted by Gasteiger charge is 2.18. The van der Waals surface area contributed by atoms with Crippen LogP contribution in [0, 0.1) is 11.8 Å². The highest BCUT2D eigenvalue weighted by atomic mass is 16.5. The molecule has 1 fully saturated rings. The van der Waals surface area contributed by atoms with Gasteiger partial charge in [0.1, 0.15) is 11.4 Å². The minimum absolute atomic E-state index is 0.132. The van der Waals surface area contributed by atoms with Crippen molar-refractivity contribution in [3.05, 3.63) is 48.2 Å². The summed E-state index contributed by atoms with van der Waals surface area (Å²) in [6.45, 7) is 3.06. The standard InChI is InChI=1S/C23H30N6O3/c1-15-6-8-16(9-7-15)14-26-22(29-23(31)25-2)27-17-10-12-18(13-11-17)32-20-5-3-4-19(28-20)21(24)30/h3-5,10-13,15-16H,6-9,14H2,1-2H3,(H2,24,30)(H3,25,26,27,29,31)/t15-,16-. The minimum atomic E-state index is -0.619. The highest BCUT2D eigenvalue weighted by molar-refractivity contribution is 5.97. The zero-order valence-corrected chi connectivity index (χ0v) is 18.4. The number of nitrogens with two attached hydrogens (primary N) is 1. The molecule has 1 aromatic heterocycles. The number of aromatic nitrogens is 1. The van der Waals surface area contributed by atoms with E-state index in [2.05, 4.69) is 32.9 Å². The molecule has 1 heterocycles. The largest absolute Gasteiger partial charge is 0.439 e. The van der Waals surface area contributed by atoms with E-state index in [9.17, 15) is 9.59 Å². The zero-order valence-electron chi connectivity index (χ0n) is 18.4. The molecule has 9 heteroatoms. The number of pyridine rings is 1. The Labute approximate surface area is 187 Å². The van der Waals surface area contributed by atoms with Crippen LogP contribution in [0.3, 0.4) is 0 Å². The molecule has 0 aliphatic heterocycles. The molecule has 5 N–H and O–H groups in total. The van der Waals surface area contributed by atoms with Crippen LogP contribution in [0.4, 0.5) is 10.5 Å². The normalized spacial score (nSPS) is 18.5. The molecule has 0 saturated heterocycles. The van der Waals surface area contributed by atoms with Gasteiger partial charge in [-0.1, -0.05) is 25.8 Å². The number of nitrogens with zero attached hydrogens (tertiary/aromatic N) is 2. The van der Waals surface area contributed by atoms with E-state index in [-0.39, 0.29) is 17.6 Å². The van der Waals surface area contributed by atoms with E-state index >= 15 is 0 Å². The Morgan fingerprint density at radius 2 is 1.84 bits per heavy atom. The Balaban J connectivity index is 1.66. The first-order valence-corrected chi connectivity index (χ1v) is 10.8. The van der Waals surface area contributed by atoms with E-state index < -0.39 is 5.91 Å². The molecular weight excluding hydrogens is 408 g/mol. The third-order valence-electron chi connectivity index (χ3n) is 5.43. The molecule has 3 amide bonds. The molecule has 0 atom stereocenters. The number of hydrogen-bond donors (Lipinski definition) is 4. The Hall–Kier alpha value is -3.62. The number of guanidine groups is 1. The van der Waals surface area contributed by atoms with Gasteiger partial charge in [0.25, 0.3) is 5.91 Å². The van der Waals surface area contributed by atoms with Crippen molar-refractivity contribution in [2.75, 3.05) is 13.6 Å². The third kappa shape index (κ3) is 6.97. The van der Waals surface area contributed by atoms with Gasteiger partial charge in [0, 0.05) is 19.7 Å². The summed E-state index contributed by atoms with van der Waals surface area (Å²) in [5, 5.41) is 8.56. The first-order valence-electron chi connectivity index (χ1n) is 10.8. The average Bonchev–Trinajstić information content (AvgIpc) is 2.80. The lowest BCUT2D eigenvalue weighted by molar-refractivity contribution is 0.0995. The summed E-state index contributed by atoms with van der Waals surface area (Å²) in [5.74, 6) is 1.94. The lowest BCUT2D eigenvalue weighted by atomic mass is 9.83. The summed E-state index contributed by atoms with van der Waals surface area (Å²) in [6, 6.07) is 11.5. The van der Waals surface area contributed by atoms with E-state index in [0.29, 0.717) is 23.3 Å². The van der Waals surface area contributed by atoms with Crippen LogP contribution in [0.15, 0.2) is 47.5 Å². The fourth-order valence-electron chi connectivity index (χ4n) is 3.50. The van der Waals surface area contributed by atoms with Crippen molar-refractivity contribution in [3.8, 4) is 11.6 Å². The minimum Gasteiger partial charge on any atom is -0.439 e. The van der Waals surface area contributed by atoms with Crippen LogP contribution in [0.2, 0.25) is 0 Å². The number of urea groups is 1. The van der Waals surface area contributed by atoms with Crippen LogP contribution >= 0.6 is 0 Å². The van der Waals surface area contributed by atoms with Crippen LogP contribution in [0.1, 0.15) is 43.1 Å². The van der Waals surface area contributed by atoms with Gasteiger partial charge in [-0.3, -0.25) is 10.1 Å². The molecule has 0 unspecified atom stereocenters. The van der Waals surface area contributed by atoms with Crippen LogP contribution in [-0.2, 0) is 0 Å². The maximum atomic E-state index is 11.8. The summed E-state index contributed by atoms with van der Waals surface area (Å²) in [5.41, 5.74) is 6.03. The van der Waals surface area contributed by atoms with Gasteiger partial charge in [0.05, 0.1) is 5.69 Å². The van der Waals surface area contributed by atoms with Gasteiger partial charge in [-0.2, -0.15) is 0 Å². The first-order chi connectivity index (χ1) is 15.4. The number of rotatable bonds is 6. The molecule has 3 rings (SSSR count). The predicted octanol–water partition coefficient (Wildman–Crippen LogP) is 3.31. The van der Waals surface area contributed by atoms with E-state index in [1.54, 1.807) is 43.4 Å². The van der Waals surface area contributed by atoms with Crippen LogP contribution in [0.5, 0.6) is 11.6 Å². The van der Waals surface area contributed by atoms with Gasteiger partial charge < -0.3 is 21.1 Å². The monoisotopic (exact) mass is 438 g/mol. The molecule has 1 aliphatic carbocycles. The summed E-state index contributed by atoms with van der Waals surface area (Å²) < 4.78 is 5.68. The van der Waals surface area contributed by atoms with Crippen LogP contribution in [-0.4, -0.2) is 36.5 Å². The Morgan fingerprint density at radius 3 is 2.50 bits per heavy atom. The second-order valence-electron chi connectivity index (χ2n) is 7.99. The topological polar surface area (TPSA) is 131 Å². The number of aliphatic imine (C=N–C) groups is 1. The van der Waals surface area contributed by atoms with E-state index in [1.165, 1.54) is 31.7 Å². The van der Waals surface area contributed by atoms with Crippen LogP contribution < -0.4 is 26.4 Å². The van der Waals surface area contributed by atoms with Crippen molar-refractivity contribution < 1.29 is 14.3 Å². The van der Waals surface area contributed by atoms with Gasteiger partial charge in [0.2, 0.25) is 11.8 Å². The number of ether oxygens (including phenoxy) is 1. The Bertz CT molecular complexity index is 952. The molecule has 1 aromatic carbocycles. The number of benzene rings is 1. The number of carbonyl (C=O) groups excluding carboxylic acids is 2. The van der Waals surface area contributed by atoms with Crippen molar-refractivity contribution in [2.45, 2.75) is 32.6 Å². The Morgan fingerprint density at radius 1 is 1.12 bits per heavy atom. The number of nitrogens with one attached hydrogen (secondary N) is 3. The van der Waals surface area contributed by atoms with E-state index in [1.807, 2.05) is 0 Å². The number of hydrogen-bond acceptors (Lipinski definition) is 5. The van der Waals surface area contributed by atoms with E-state index in [4.69, 9.17) is 10.5 Å². The quantitative estimate of drug-likeness (QED) is 0.406. The van der Waals surface area contributed by atoms with Crippen molar-refractivity contribution in [1.82, 2.24) is 20.9 Å². The van der Waals surface area contributed by atoms with Crippen molar-refractivity contribution in [2.24, 2.45) is 22.6 Å². The lowest BCUT2D eigenvalue weighted by Gasteiger charge is -2.26. The second-order valence-corrected chi connectivity index (χ2v) is 7.99. The predicted molar refractivity (Wildman–Crippen MR) is 123 cm³/mol. The number of primary amides is 1. The molecule has 32 heavy (non-hydrogen) atoms. The maximum absolute atomic E-state index is 11.8. The molecule has 0 bridgehead atoms. The zero-order chi connectivity index (χ0) is 22.9. The SMILES string of the molecule is CNC(=O)N/C(=N\c1ccc(Oc2cccc(C(N)=O)n2)cc1)NC[C@H]1CC[C@H](C)CC1. The maximum Gasteiger partial charge on any atom is 0.321 e. The fraction of sp³-hybridized carbons (Fsp3) is 0.391. The van der Waals surface area contributed by atoms with Crippen molar-refractivity contribution >= 4 is 23.6 Å². The van der Waals surface area contributed by atoms with Gasteiger partial charge in [-0.15, -0.1) is 0 Å². The van der Waals surface area contributed by atoms with Crippen LogP contribution in [0.25, 0.3) is 0 Å². The molecular formula is C23H30N6O3. The Kier molecular flexibility index (Phi) is 8.02. The third-order valence-corrected chi connectivity index (χ3v) is 5.43. The lowest BCUT2D eigenvalue weighted by Crippen LogP contribution is -2.46. The fourth-order valence-corrected chi connectivity index (χ4v) is 3.50. The average molecular weight is 439 g/mol. The van der Waals surface area contributed by atoms with Crippen molar-refractivity contribution in [3.63, 3.8) is 0 Å². The number of carbonyl (C=O) groups is 2. The van der Waals surface area contributed by atoms with Crippen molar-refractivity contribution in [1.29, 1.82) is 0 Å². The molecule has 0 radical (unpaired) electrons. The summed E-state index contributed by atoms with van der Waals surface area (Å²) >= 11 is 0. The van der Waals surface area contributed by atoms with Gasteiger partial charge in [-0.05, 0) is 55.0 Å². The first kappa shape index (κ1) is 23.1. The second kappa shape index (κ2) is 11.1. The molecule has 170 valence electrons.